The summed E-state index contributed by atoms with van der Waals surface area (Å²) >= 11 is 0. The van der Waals surface area contributed by atoms with Gasteiger partial charge in [0.05, 0.1) is 12.8 Å². The Morgan fingerprint density at radius 3 is 1.30 bits per heavy atom. The van der Waals surface area contributed by atoms with Gasteiger partial charge in [-0.2, -0.15) is 0 Å². The minimum Gasteiger partial charge on any atom is -0.459 e. The average Bonchev–Trinajstić information content (AvgIpc) is 2.54. The fourth-order valence-corrected chi connectivity index (χ4v) is 1.95. The molecular formula is C18H35NO4. The summed E-state index contributed by atoms with van der Waals surface area (Å²) in [4.78, 5) is 23.6. The van der Waals surface area contributed by atoms with Crippen LogP contribution >= 0.6 is 0 Å². The molecule has 0 heterocycles. The van der Waals surface area contributed by atoms with Gasteiger partial charge in [0.1, 0.15) is 11.2 Å². The fourth-order valence-electron chi connectivity index (χ4n) is 1.95. The molecule has 0 bridgehead atoms. The number of ether oxygens (including phenoxy) is 2. The van der Waals surface area contributed by atoms with E-state index in [1.165, 1.54) is 0 Å². The van der Waals surface area contributed by atoms with Crippen LogP contribution in [0.1, 0.15) is 80.1 Å². The molecule has 0 aromatic carbocycles. The van der Waals surface area contributed by atoms with Crippen molar-refractivity contribution in [1.82, 2.24) is 5.32 Å². The lowest BCUT2D eigenvalue weighted by atomic mass is 10.0. The molecule has 0 aromatic rings. The molecule has 0 fully saturated rings. The summed E-state index contributed by atoms with van der Waals surface area (Å²) in [5.41, 5.74) is -0.739. The van der Waals surface area contributed by atoms with E-state index in [1.54, 1.807) is 0 Å². The predicted molar refractivity (Wildman–Crippen MR) is 92.3 cm³/mol. The number of hydrogen-bond acceptors (Lipinski definition) is 5. The minimum atomic E-state index is -0.369. The van der Waals surface area contributed by atoms with Crippen LogP contribution < -0.4 is 5.32 Å². The molecule has 0 unspecified atom stereocenters. The van der Waals surface area contributed by atoms with Gasteiger partial charge in [0.2, 0.25) is 0 Å². The summed E-state index contributed by atoms with van der Waals surface area (Å²) in [7, 11) is 0. The van der Waals surface area contributed by atoms with Crippen LogP contribution in [0.3, 0.4) is 0 Å². The third-order valence-corrected chi connectivity index (χ3v) is 4.72. The third kappa shape index (κ3) is 8.94. The number of rotatable bonds is 12. The van der Waals surface area contributed by atoms with Gasteiger partial charge in [0.25, 0.3) is 0 Å². The van der Waals surface area contributed by atoms with Crippen molar-refractivity contribution in [3.8, 4) is 0 Å². The Morgan fingerprint density at radius 1 is 0.739 bits per heavy atom. The second kappa shape index (κ2) is 10.6. The Bertz CT molecular complexity index is 326. The van der Waals surface area contributed by atoms with Crippen LogP contribution in [0.25, 0.3) is 0 Å². The lowest BCUT2D eigenvalue weighted by molar-refractivity contribution is -0.159. The Labute approximate surface area is 141 Å². The van der Waals surface area contributed by atoms with Gasteiger partial charge in [-0.25, -0.2) is 0 Å². The van der Waals surface area contributed by atoms with Crippen molar-refractivity contribution in [2.24, 2.45) is 0 Å². The fraction of sp³-hybridized carbons (Fsp3) is 0.889. The standard InChI is InChI=1S/C18H35NO4/c1-7-17(5,8-2)22-15(20)11-13-19-14-12-16(21)23-18(6,9-3)10-4/h19H,7-14H2,1-6H3. The molecule has 0 saturated carbocycles. The Balaban J connectivity index is 3.89. The Hall–Kier alpha value is -1.10. The summed E-state index contributed by atoms with van der Waals surface area (Å²) in [5, 5.41) is 3.09. The lowest BCUT2D eigenvalue weighted by Gasteiger charge is -2.27. The van der Waals surface area contributed by atoms with Gasteiger partial charge in [0, 0.05) is 13.1 Å². The predicted octanol–water partition coefficient (Wildman–Crippen LogP) is 3.60. The molecule has 5 nitrogen and oxygen atoms in total. The van der Waals surface area contributed by atoms with Crippen molar-refractivity contribution in [2.75, 3.05) is 13.1 Å². The second-order valence-corrected chi connectivity index (χ2v) is 6.51. The maximum Gasteiger partial charge on any atom is 0.307 e. The van der Waals surface area contributed by atoms with Crippen LogP contribution in [-0.4, -0.2) is 36.2 Å². The molecule has 0 aliphatic carbocycles. The molecule has 0 aromatic heterocycles. The maximum absolute atomic E-state index is 11.8. The first-order valence-corrected chi connectivity index (χ1v) is 8.88. The molecule has 0 atom stereocenters. The largest absolute Gasteiger partial charge is 0.459 e. The van der Waals surface area contributed by atoms with E-state index in [9.17, 15) is 9.59 Å². The molecule has 5 heteroatoms. The highest BCUT2D eigenvalue weighted by molar-refractivity contribution is 5.70. The van der Waals surface area contributed by atoms with E-state index in [4.69, 9.17) is 9.47 Å². The molecule has 0 saturated heterocycles. The zero-order chi connectivity index (χ0) is 17.9. The molecule has 0 spiro atoms. The number of carbonyl (C=O) groups excluding carboxylic acids is 2. The highest BCUT2D eigenvalue weighted by Crippen LogP contribution is 2.20. The van der Waals surface area contributed by atoms with Crippen LogP contribution in [0, 0.1) is 0 Å². The second-order valence-electron chi connectivity index (χ2n) is 6.51. The van der Waals surface area contributed by atoms with E-state index in [0.29, 0.717) is 25.9 Å². The first-order chi connectivity index (χ1) is 10.7. The summed E-state index contributed by atoms with van der Waals surface area (Å²) in [6.07, 6.45) is 3.85. The highest BCUT2D eigenvalue weighted by Gasteiger charge is 2.25. The van der Waals surface area contributed by atoms with Crippen molar-refractivity contribution in [1.29, 1.82) is 0 Å². The summed E-state index contributed by atoms with van der Waals surface area (Å²) < 4.78 is 11.0. The third-order valence-electron chi connectivity index (χ3n) is 4.72. The van der Waals surface area contributed by atoms with Crippen LogP contribution in [0.4, 0.5) is 0 Å². The molecule has 0 aliphatic rings. The molecule has 1 N–H and O–H groups in total. The smallest absolute Gasteiger partial charge is 0.307 e. The van der Waals surface area contributed by atoms with Crippen molar-refractivity contribution in [3.63, 3.8) is 0 Å². The summed E-state index contributed by atoms with van der Waals surface area (Å²) in [6, 6.07) is 0. The van der Waals surface area contributed by atoms with Crippen LogP contribution in [-0.2, 0) is 19.1 Å². The number of nitrogens with one attached hydrogen (secondary N) is 1. The van der Waals surface area contributed by atoms with Crippen LogP contribution in [0.15, 0.2) is 0 Å². The Morgan fingerprint density at radius 2 is 1.04 bits per heavy atom. The monoisotopic (exact) mass is 329 g/mol. The van der Waals surface area contributed by atoms with Crippen LogP contribution in [0.5, 0.6) is 0 Å². The first kappa shape index (κ1) is 21.9. The topological polar surface area (TPSA) is 64.6 Å². The van der Waals surface area contributed by atoms with Gasteiger partial charge in [0.15, 0.2) is 0 Å². The van der Waals surface area contributed by atoms with Gasteiger partial charge in [-0.15, -0.1) is 0 Å². The summed E-state index contributed by atoms with van der Waals surface area (Å²) in [5.74, 6) is -0.397. The van der Waals surface area contributed by atoms with E-state index < -0.39 is 0 Å². The van der Waals surface area contributed by atoms with Crippen LogP contribution in [0.2, 0.25) is 0 Å². The Kier molecular flexibility index (Phi) is 10.1. The van der Waals surface area contributed by atoms with Crippen molar-refractivity contribution >= 4 is 11.9 Å². The zero-order valence-electron chi connectivity index (χ0n) is 15.8. The molecule has 0 amide bonds. The van der Waals surface area contributed by atoms with E-state index in [1.807, 2.05) is 41.5 Å². The SMILES string of the molecule is CCC(C)(CC)OC(=O)CCNCCC(=O)OC(C)(CC)CC. The highest BCUT2D eigenvalue weighted by atomic mass is 16.6. The van der Waals surface area contributed by atoms with E-state index in [2.05, 4.69) is 5.32 Å². The minimum absolute atomic E-state index is 0.198. The van der Waals surface area contributed by atoms with Gasteiger partial charge in [-0.05, 0) is 39.5 Å². The molecule has 23 heavy (non-hydrogen) atoms. The van der Waals surface area contributed by atoms with E-state index >= 15 is 0 Å². The van der Waals surface area contributed by atoms with Crippen molar-refractivity contribution < 1.29 is 19.1 Å². The zero-order valence-corrected chi connectivity index (χ0v) is 15.8. The van der Waals surface area contributed by atoms with E-state index in [-0.39, 0.29) is 23.1 Å². The van der Waals surface area contributed by atoms with Gasteiger partial charge < -0.3 is 14.8 Å². The molecule has 136 valence electrons. The van der Waals surface area contributed by atoms with Crippen molar-refractivity contribution in [3.05, 3.63) is 0 Å². The van der Waals surface area contributed by atoms with Crippen molar-refractivity contribution in [2.45, 2.75) is 91.3 Å². The van der Waals surface area contributed by atoms with Gasteiger partial charge in [-0.1, -0.05) is 27.7 Å². The molecule has 0 radical (unpaired) electrons. The number of esters is 2. The number of carbonyl (C=O) groups is 2. The average molecular weight is 329 g/mol. The lowest BCUT2D eigenvalue weighted by Crippen LogP contribution is -2.33. The maximum atomic E-state index is 11.8. The summed E-state index contributed by atoms with van der Waals surface area (Å²) in [6.45, 7) is 13.0. The van der Waals surface area contributed by atoms with E-state index in [0.717, 1.165) is 25.7 Å². The first-order valence-electron chi connectivity index (χ1n) is 8.88. The molecule has 0 rings (SSSR count). The normalized spacial score (nSPS) is 12.1. The molecule has 0 aliphatic heterocycles. The quantitative estimate of drug-likeness (QED) is 0.438. The molecular weight excluding hydrogens is 294 g/mol. The van der Waals surface area contributed by atoms with Gasteiger partial charge in [-0.3, -0.25) is 9.59 Å². The number of hydrogen-bond donors (Lipinski definition) is 1. The van der Waals surface area contributed by atoms with Gasteiger partial charge >= 0.3 is 11.9 Å².